The lowest BCUT2D eigenvalue weighted by Gasteiger charge is -2.20. The van der Waals surface area contributed by atoms with Crippen molar-refractivity contribution in [2.24, 2.45) is 0 Å². The van der Waals surface area contributed by atoms with Gasteiger partial charge >= 0.3 is 11.6 Å². The third kappa shape index (κ3) is 2.21. The molecule has 1 aliphatic heterocycles. The van der Waals surface area contributed by atoms with Gasteiger partial charge in [0, 0.05) is 0 Å². The minimum absolute atomic E-state index is 0.0235. The largest absolute Gasteiger partial charge is 0.508 e. The number of phenolic OH excluding ortho intramolecular Hbond substituents is 2. The Kier molecular flexibility index (Phi) is 3.15. The molecule has 4 aromatic rings. The summed E-state index contributed by atoms with van der Waals surface area (Å²) in [6, 6.07) is 9.18. The Labute approximate surface area is 155 Å². The van der Waals surface area contributed by atoms with Crippen molar-refractivity contribution in [3.8, 4) is 17.2 Å². The number of ether oxygens (including phenoxy) is 1. The topological polar surface area (TPSA) is 127 Å². The highest BCUT2D eigenvalue weighted by Gasteiger charge is 2.40. The number of carbonyl (C=O) groups excluding carboxylic acids is 2. The SMILES string of the molecule is O=C1Oc2ccc(O)cc2C(=O)C1c1cc2c(=O)oc3ccc(O)cc3c2o1. The zero-order valence-corrected chi connectivity index (χ0v) is 14.0. The molecule has 0 saturated carbocycles. The van der Waals surface area contributed by atoms with Crippen LogP contribution >= 0.6 is 0 Å². The summed E-state index contributed by atoms with van der Waals surface area (Å²) in [5, 5.41) is 19.7. The van der Waals surface area contributed by atoms with Crippen molar-refractivity contribution in [1.82, 2.24) is 0 Å². The van der Waals surface area contributed by atoms with Crippen molar-refractivity contribution in [2.75, 3.05) is 0 Å². The van der Waals surface area contributed by atoms with E-state index in [1.54, 1.807) is 0 Å². The molecule has 28 heavy (non-hydrogen) atoms. The van der Waals surface area contributed by atoms with E-state index in [0.29, 0.717) is 5.39 Å². The summed E-state index contributed by atoms with van der Waals surface area (Å²) in [4.78, 5) is 37.5. The minimum Gasteiger partial charge on any atom is -0.508 e. The molecule has 0 fully saturated rings. The van der Waals surface area contributed by atoms with Crippen LogP contribution in [0.1, 0.15) is 22.0 Å². The molecule has 8 nitrogen and oxygen atoms in total. The highest BCUT2D eigenvalue weighted by Crippen LogP contribution is 2.38. The average Bonchev–Trinajstić information content (AvgIpc) is 3.09. The number of aromatic hydroxyl groups is 2. The number of hydrogen-bond donors (Lipinski definition) is 2. The van der Waals surface area contributed by atoms with Crippen LogP contribution in [0.4, 0.5) is 0 Å². The van der Waals surface area contributed by atoms with Crippen molar-refractivity contribution in [3.05, 3.63) is 64.2 Å². The molecule has 2 N–H and O–H groups in total. The lowest BCUT2D eigenvalue weighted by Crippen LogP contribution is -2.31. The maximum atomic E-state index is 12.8. The quantitative estimate of drug-likeness (QED) is 0.224. The fourth-order valence-electron chi connectivity index (χ4n) is 3.32. The van der Waals surface area contributed by atoms with Crippen LogP contribution in [0, 0.1) is 0 Å². The second-order valence-corrected chi connectivity index (χ2v) is 6.36. The summed E-state index contributed by atoms with van der Waals surface area (Å²) in [6.45, 7) is 0. The predicted octanol–water partition coefficient (Wildman–Crippen LogP) is 2.84. The Balaban J connectivity index is 1.73. The van der Waals surface area contributed by atoms with Crippen LogP contribution in [0.3, 0.4) is 0 Å². The summed E-state index contributed by atoms with van der Waals surface area (Å²) in [5.41, 5.74) is -0.416. The zero-order chi connectivity index (χ0) is 19.6. The Hall–Kier alpha value is -4.07. The van der Waals surface area contributed by atoms with Gasteiger partial charge in [0.1, 0.15) is 34.0 Å². The first-order valence-corrected chi connectivity index (χ1v) is 8.20. The number of carbonyl (C=O) groups is 2. The predicted molar refractivity (Wildman–Crippen MR) is 94.7 cm³/mol. The normalized spacial score (nSPS) is 16.4. The third-order valence-corrected chi connectivity index (χ3v) is 4.60. The number of rotatable bonds is 1. The lowest BCUT2D eigenvalue weighted by atomic mass is 9.92. The Bertz CT molecular complexity index is 1370. The van der Waals surface area contributed by atoms with Crippen molar-refractivity contribution >= 4 is 33.7 Å². The molecule has 3 heterocycles. The van der Waals surface area contributed by atoms with E-state index in [1.165, 1.54) is 42.5 Å². The number of hydrogen-bond acceptors (Lipinski definition) is 8. The number of ketones is 1. The summed E-state index contributed by atoms with van der Waals surface area (Å²) < 4.78 is 16.1. The Morgan fingerprint density at radius 3 is 2.39 bits per heavy atom. The molecule has 1 atom stereocenters. The summed E-state index contributed by atoms with van der Waals surface area (Å²) in [5.74, 6) is -3.21. The minimum atomic E-state index is -1.44. The molecule has 5 rings (SSSR count). The summed E-state index contributed by atoms with van der Waals surface area (Å²) in [6.07, 6.45) is 0. The Morgan fingerprint density at radius 1 is 0.821 bits per heavy atom. The smallest absolute Gasteiger partial charge is 0.347 e. The van der Waals surface area contributed by atoms with Crippen molar-refractivity contribution in [1.29, 1.82) is 0 Å². The van der Waals surface area contributed by atoms with Crippen LogP contribution in [0.5, 0.6) is 17.2 Å². The fraction of sp³-hybridized carbons (Fsp3) is 0.0500. The van der Waals surface area contributed by atoms with Gasteiger partial charge in [-0.3, -0.25) is 9.59 Å². The van der Waals surface area contributed by atoms with Gasteiger partial charge in [0.15, 0.2) is 17.3 Å². The molecule has 1 aliphatic rings. The molecule has 138 valence electrons. The Morgan fingerprint density at radius 2 is 1.57 bits per heavy atom. The first-order chi connectivity index (χ1) is 13.4. The van der Waals surface area contributed by atoms with E-state index < -0.39 is 23.3 Å². The maximum Gasteiger partial charge on any atom is 0.347 e. The van der Waals surface area contributed by atoms with Gasteiger partial charge in [-0.1, -0.05) is 0 Å². The van der Waals surface area contributed by atoms with Crippen LogP contribution in [0.25, 0.3) is 21.9 Å². The number of Topliss-reactive ketones (excluding diaryl/α,β-unsaturated/α-hetero) is 1. The molecular weight excluding hydrogens is 368 g/mol. The molecule has 0 saturated heterocycles. The monoisotopic (exact) mass is 378 g/mol. The zero-order valence-electron chi connectivity index (χ0n) is 14.0. The highest BCUT2D eigenvalue weighted by atomic mass is 16.5. The number of esters is 1. The second-order valence-electron chi connectivity index (χ2n) is 6.36. The van der Waals surface area contributed by atoms with Crippen LogP contribution in [0.2, 0.25) is 0 Å². The molecule has 0 bridgehead atoms. The van der Waals surface area contributed by atoms with Crippen LogP contribution < -0.4 is 10.4 Å². The molecule has 2 aromatic carbocycles. The number of benzene rings is 2. The van der Waals surface area contributed by atoms with Crippen molar-refractivity contribution in [2.45, 2.75) is 5.92 Å². The summed E-state index contributed by atoms with van der Waals surface area (Å²) in [7, 11) is 0. The molecule has 0 spiro atoms. The van der Waals surface area contributed by atoms with E-state index >= 15 is 0 Å². The maximum absolute atomic E-state index is 12.8. The average molecular weight is 378 g/mol. The summed E-state index contributed by atoms with van der Waals surface area (Å²) >= 11 is 0. The van der Waals surface area contributed by atoms with E-state index in [1.807, 2.05) is 0 Å². The number of furan rings is 1. The molecule has 0 amide bonds. The number of phenols is 2. The van der Waals surface area contributed by atoms with E-state index in [2.05, 4.69) is 0 Å². The van der Waals surface area contributed by atoms with E-state index in [4.69, 9.17) is 13.6 Å². The second kappa shape index (κ2) is 5.46. The van der Waals surface area contributed by atoms with Gasteiger partial charge in [0.05, 0.1) is 10.9 Å². The van der Waals surface area contributed by atoms with Crippen molar-refractivity contribution < 1.29 is 33.4 Å². The van der Waals surface area contributed by atoms with Gasteiger partial charge < -0.3 is 23.8 Å². The van der Waals surface area contributed by atoms with Gasteiger partial charge in [-0.05, 0) is 42.5 Å². The standard InChI is InChI=1S/C20H10O8/c21-8-1-3-13-10(5-8)17(23)16(20(25)28-13)15-7-12-18(26-15)11-6-9(22)2-4-14(11)27-19(12)24/h1-7,16,21-22H. The van der Waals surface area contributed by atoms with Gasteiger partial charge in [-0.25, -0.2) is 4.79 Å². The van der Waals surface area contributed by atoms with Crippen molar-refractivity contribution in [3.63, 3.8) is 0 Å². The van der Waals surface area contributed by atoms with Crippen LogP contribution in [0.15, 0.2) is 56.1 Å². The van der Waals surface area contributed by atoms with Gasteiger partial charge in [-0.2, -0.15) is 0 Å². The molecule has 8 heteroatoms. The molecule has 2 aromatic heterocycles. The molecule has 1 unspecified atom stereocenters. The number of fused-ring (bicyclic) bond motifs is 4. The lowest BCUT2D eigenvalue weighted by molar-refractivity contribution is -0.135. The van der Waals surface area contributed by atoms with Crippen LogP contribution in [-0.4, -0.2) is 22.0 Å². The van der Waals surface area contributed by atoms with E-state index in [-0.39, 0.29) is 45.1 Å². The van der Waals surface area contributed by atoms with Gasteiger partial charge in [0.25, 0.3) is 0 Å². The molecule has 0 radical (unpaired) electrons. The first kappa shape index (κ1) is 16.1. The third-order valence-electron chi connectivity index (χ3n) is 4.60. The fourth-order valence-corrected chi connectivity index (χ4v) is 3.32. The molecule has 0 aliphatic carbocycles. The molecular formula is C20H10O8. The first-order valence-electron chi connectivity index (χ1n) is 8.20. The van der Waals surface area contributed by atoms with E-state index in [0.717, 1.165) is 0 Å². The van der Waals surface area contributed by atoms with E-state index in [9.17, 15) is 24.6 Å². The van der Waals surface area contributed by atoms with Gasteiger partial charge in [0.2, 0.25) is 0 Å². The van der Waals surface area contributed by atoms with Gasteiger partial charge in [-0.15, -0.1) is 0 Å². The van der Waals surface area contributed by atoms with Crippen LogP contribution in [-0.2, 0) is 4.79 Å². The highest BCUT2D eigenvalue weighted by molar-refractivity contribution is 6.17.